The van der Waals surface area contributed by atoms with Crippen LogP contribution in [-0.4, -0.2) is 0 Å². The SMILES string of the molecule is CC1CC2=C(C3c4ccccc4-c4ccccc43)CC=C21. The minimum absolute atomic E-state index is 0.494. The highest BCUT2D eigenvalue weighted by Crippen LogP contribution is 2.55. The van der Waals surface area contributed by atoms with E-state index < -0.39 is 0 Å². The predicted octanol–water partition coefficient (Wildman–Crippen LogP) is 5.47. The molecule has 102 valence electrons. The highest BCUT2D eigenvalue weighted by atomic mass is 14.4. The van der Waals surface area contributed by atoms with Crippen LogP contribution in [0.5, 0.6) is 0 Å². The first-order chi connectivity index (χ1) is 10.3. The van der Waals surface area contributed by atoms with E-state index in [0.29, 0.717) is 5.92 Å². The van der Waals surface area contributed by atoms with Gasteiger partial charge in [-0.25, -0.2) is 0 Å². The molecule has 3 aliphatic rings. The maximum atomic E-state index is 2.47. The molecule has 0 radical (unpaired) electrons. The zero-order valence-corrected chi connectivity index (χ0v) is 12.3. The van der Waals surface area contributed by atoms with Crippen molar-refractivity contribution < 1.29 is 0 Å². The van der Waals surface area contributed by atoms with Gasteiger partial charge in [0.05, 0.1) is 0 Å². The van der Waals surface area contributed by atoms with Crippen LogP contribution in [0.2, 0.25) is 0 Å². The van der Waals surface area contributed by atoms with E-state index in [9.17, 15) is 0 Å². The Morgan fingerprint density at radius 1 is 0.857 bits per heavy atom. The summed E-state index contributed by atoms with van der Waals surface area (Å²) in [5.74, 6) is 1.28. The van der Waals surface area contributed by atoms with Gasteiger partial charge in [-0.05, 0) is 52.2 Å². The third-order valence-electron chi connectivity index (χ3n) is 5.50. The van der Waals surface area contributed by atoms with Crippen LogP contribution < -0.4 is 0 Å². The molecule has 0 spiro atoms. The maximum absolute atomic E-state index is 2.47. The van der Waals surface area contributed by atoms with Crippen LogP contribution in [0.3, 0.4) is 0 Å². The summed E-state index contributed by atoms with van der Waals surface area (Å²) in [7, 11) is 0. The monoisotopic (exact) mass is 270 g/mol. The second kappa shape index (κ2) is 3.98. The Morgan fingerprint density at radius 2 is 1.48 bits per heavy atom. The van der Waals surface area contributed by atoms with Gasteiger partial charge in [-0.1, -0.05) is 67.1 Å². The molecule has 2 aromatic carbocycles. The van der Waals surface area contributed by atoms with Gasteiger partial charge in [0.15, 0.2) is 0 Å². The third kappa shape index (κ3) is 1.40. The number of allylic oxidation sites excluding steroid dienone is 4. The minimum Gasteiger partial charge on any atom is -0.0766 e. The topological polar surface area (TPSA) is 0 Å². The summed E-state index contributed by atoms with van der Waals surface area (Å²) in [6.45, 7) is 2.36. The molecule has 0 heterocycles. The fraction of sp³-hybridized carbons (Fsp3) is 0.238. The van der Waals surface area contributed by atoms with E-state index in [1.807, 2.05) is 0 Å². The van der Waals surface area contributed by atoms with Gasteiger partial charge in [0, 0.05) is 5.92 Å². The first kappa shape index (κ1) is 11.6. The molecule has 0 heteroatoms. The third-order valence-corrected chi connectivity index (χ3v) is 5.50. The molecule has 0 aromatic heterocycles. The minimum atomic E-state index is 0.494. The second-order valence-electron chi connectivity index (χ2n) is 6.58. The lowest BCUT2D eigenvalue weighted by molar-refractivity contribution is 0.590. The Hall–Kier alpha value is -2.08. The Kier molecular flexibility index (Phi) is 2.19. The number of hydrogen-bond donors (Lipinski definition) is 0. The number of fused-ring (bicyclic) bond motifs is 4. The van der Waals surface area contributed by atoms with Crippen molar-refractivity contribution in [2.45, 2.75) is 25.7 Å². The predicted molar refractivity (Wildman–Crippen MR) is 87.2 cm³/mol. The normalized spacial score (nSPS) is 22.5. The molecular formula is C21H18. The van der Waals surface area contributed by atoms with E-state index in [1.165, 1.54) is 28.7 Å². The fourth-order valence-corrected chi connectivity index (χ4v) is 4.51. The number of benzene rings is 2. The van der Waals surface area contributed by atoms with Crippen molar-refractivity contribution in [2.24, 2.45) is 5.92 Å². The maximum Gasteiger partial charge on any atom is 0.0320 e. The number of rotatable bonds is 1. The smallest absolute Gasteiger partial charge is 0.0320 e. The summed E-state index contributed by atoms with van der Waals surface area (Å²) in [5.41, 5.74) is 10.9. The average Bonchev–Trinajstić information content (AvgIpc) is 3.02. The zero-order valence-electron chi connectivity index (χ0n) is 12.3. The van der Waals surface area contributed by atoms with Crippen LogP contribution in [0, 0.1) is 5.92 Å². The largest absolute Gasteiger partial charge is 0.0766 e. The van der Waals surface area contributed by atoms with Crippen molar-refractivity contribution in [3.8, 4) is 11.1 Å². The van der Waals surface area contributed by atoms with Crippen LogP contribution in [0.25, 0.3) is 11.1 Å². The van der Waals surface area contributed by atoms with E-state index in [4.69, 9.17) is 0 Å². The molecule has 0 aliphatic heterocycles. The van der Waals surface area contributed by atoms with Gasteiger partial charge in [-0.15, -0.1) is 0 Å². The van der Waals surface area contributed by atoms with Crippen molar-refractivity contribution in [2.75, 3.05) is 0 Å². The van der Waals surface area contributed by atoms with Crippen molar-refractivity contribution in [1.29, 1.82) is 0 Å². The summed E-state index contributed by atoms with van der Waals surface area (Å²) < 4.78 is 0. The molecule has 1 atom stereocenters. The van der Waals surface area contributed by atoms with Crippen LogP contribution in [0.4, 0.5) is 0 Å². The van der Waals surface area contributed by atoms with E-state index in [2.05, 4.69) is 61.5 Å². The van der Waals surface area contributed by atoms with Crippen LogP contribution in [-0.2, 0) is 0 Å². The summed E-state index contributed by atoms with van der Waals surface area (Å²) in [6.07, 6.45) is 4.91. The molecular weight excluding hydrogens is 252 g/mol. The second-order valence-corrected chi connectivity index (χ2v) is 6.58. The molecule has 2 aromatic rings. The van der Waals surface area contributed by atoms with Crippen molar-refractivity contribution in [3.63, 3.8) is 0 Å². The van der Waals surface area contributed by atoms with Gasteiger partial charge in [0.2, 0.25) is 0 Å². The zero-order chi connectivity index (χ0) is 14.0. The van der Waals surface area contributed by atoms with E-state index >= 15 is 0 Å². The van der Waals surface area contributed by atoms with Gasteiger partial charge in [-0.3, -0.25) is 0 Å². The Morgan fingerprint density at radius 3 is 2.05 bits per heavy atom. The van der Waals surface area contributed by atoms with Crippen LogP contribution in [0.15, 0.2) is 71.3 Å². The average molecular weight is 270 g/mol. The first-order valence-electron chi connectivity index (χ1n) is 7.95. The lowest BCUT2D eigenvalue weighted by atomic mass is 9.74. The molecule has 1 fully saturated rings. The molecule has 1 saturated carbocycles. The first-order valence-corrected chi connectivity index (χ1v) is 7.95. The fourth-order valence-electron chi connectivity index (χ4n) is 4.51. The van der Waals surface area contributed by atoms with E-state index in [-0.39, 0.29) is 0 Å². The molecule has 1 unspecified atom stereocenters. The van der Waals surface area contributed by atoms with Gasteiger partial charge < -0.3 is 0 Å². The molecule has 0 amide bonds. The lowest BCUT2D eigenvalue weighted by Crippen LogP contribution is -2.16. The number of hydrogen-bond acceptors (Lipinski definition) is 0. The highest BCUT2D eigenvalue weighted by Gasteiger charge is 2.38. The standard InChI is InChI=1S/C21H18/c1-13-12-20-14(13)10-11-19(20)21-17-8-4-2-6-15(17)16-7-3-5-9-18(16)21/h2-10,13,21H,11-12H2,1H3. The quantitative estimate of drug-likeness (QED) is 0.645. The van der Waals surface area contributed by atoms with Crippen molar-refractivity contribution in [3.05, 3.63) is 82.5 Å². The van der Waals surface area contributed by atoms with E-state index in [1.54, 1.807) is 16.7 Å². The Balaban J connectivity index is 1.73. The summed E-state index contributed by atoms with van der Waals surface area (Å²) >= 11 is 0. The summed E-state index contributed by atoms with van der Waals surface area (Å²) in [6, 6.07) is 17.9. The molecule has 21 heavy (non-hydrogen) atoms. The molecule has 0 nitrogen and oxygen atoms in total. The molecule has 0 saturated heterocycles. The Bertz CT molecular complexity index is 774. The van der Waals surface area contributed by atoms with Crippen molar-refractivity contribution >= 4 is 0 Å². The highest BCUT2D eigenvalue weighted by molar-refractivity contribution is 5.81. The summed E-state index contributed by atoms with van der Waals surface area (Å²) in [5, 5.41) is 0. The summed E-state index contributed by atoms with van der Waals surface area (Å²) in [4.78, 5) is 0. The van der Waals surface area contributed by atoms with Crippen LogP contribution >= 0.6 is 0 Å². The van der Waals surface area contributed by atoms with E-state index in [0.717, 1.165) is 12.3 Å². The van der Waals surface area contributed by atoms with Gasteiger partial charge >= 0.3 is 0 Å². The lowest BCUT2D eigenvalue weighted by Gasteiger charge is -2.31. The molecule has 5 rings (SSSR count). The molecule has 3 aliphatic carbocycles. The Labute approximate surface area is 125 Å². The van der Waals surface area contributed by atoms with Crippen LogP contribution in [0.1, 0.15) is 36.8 Å². The van der Waals surface area contributed by atoms with Gasteiger partial charge in [0.25, 0.3) is 0 Å². The van der Waals surface area contributed by atoms with Crippen molar-refractivity contribution in [1.82, 2.24) is 0 Å². The molecule has 0 bridgehead atoms. The molecule has 0 N–H and O–H groups in total. The van der Waals surface area contributed by atoms with Gasteiger partial charge in [-0.2, -0.15) is 0 Å². The van der Waals surface area contributed by atoms with Gasteiger partial charge in [0.1, 0.15) is 0 Å².